The van der Waals surface area contributed by atoms with Gasteiger partial charge < -0.3 is 9.64 Å². The number of carbonyl (C=O) groups is 1. The van der Waals surface area contributed by atoms with E-state index in [-0.39, 0.29) is 12.2 Å². The molecule has 4 heteroatoms. The van der Waals surface area contributed by atoms with Crippen molar-refractivity contribution in [1.29, 1.82) is 5.26 Å². The Bertz CT molecular complexity index is 498. The van der Waals surface area contributed by atoms with Crippen LogP contribution in [-0.4, -0.2) is 26.2 Å². The summed E-state index contributed by atoms with van der Waals surface area (Å²) in [5.41, 5.74) is 1.91. The molecule has 0 unspecified atom stereocenters. The molecule has 0 N–H and O–H groups in total. The maximum absolute atomic E-state index is 11.5. The van der Waals surface area contributed by atoms with Gasteiger partial charge in [-0.2, -0.15) is 5.26 Å². The zero-order valence-corrected chi connectivity index (χ0v) is 11.5. The summed E-state index contributed by atoms with van der Waals surface area (Å²) >= 11 is 0. The summed E-state index contributed by atoms with van der Waals surface area (Å²) in [6, 6.07) is 9.51. The number of esters is 1. The van der Waals surface area contributed by atoms with Gasteiger partial charge in [0, 0.05) is 19.3 Å². The molecule has 0 bridgehead atoms. The van der Waals surface area contributed by atoms with E-state index in [0.717, 1.165) is 17.8 Å². The SMILES string of the molecule is CCOC(=O)/C(C#N)=C/c1ccc(N(C)CC)cc1. The smallest absolute Gasteiger partial charge is 0.348 e. The van der Waals surface area contributed by atoms with E-state index in [4.69, 9.17) is 10.00 Å². The van der Waals surface area contributed by atoms with Gasteiger partial charge in [0.15, 0.2) is 0 Å². The lowest BCUT2D eigenvalue weighted by Gasteiger charge is -2.16. The molecule has 1 aromatic carbocycles. The van der Waals surface area contributed by atoms with Gasteiger partial charge in [-0.05, 0) is 37.6 Å². The number of hydrogen-bond acceptors (Lipinski definition) is 4. The number of nitrogens with zero attached hydrogens (tertiary/aromatic N) is 2. The van der Waals surface area contributed by atoms with E-state index in [9.17, 15) is 4.79 Å². The van der Waals surface area contributed by atoms with Gasteiger partial charge in [-0.3, -0.25) is 0 Å². The Morgan fingerprint density at radius 2 is 2.00 bits per heavy atom. The second-order valence-corrected chi connectivity index (χ2v) is 4.00. The normalized spacial score (nSPS) is 10.7. The van der Waals surface area contributed by atoms with Crippen LogP contribution in [0.2, 0.25) is 0 Å². The average Bonchev–Trinajstić information content (AvgIpc) is 2.44. The minimum absolute atomic E-state index is 0.0125. The maximum Gasteiger partial charge on any atom is 0.348 e. The predicted molar refractivity (Wildman–Crippen MR) is 75.6 cm³/mol. The molecule has 0 spiro atoms. The Balaban J connectivity index is 2.92. The van der Waals surface area contributed by atoms with Gasteiger partial charge >= 0.3 is 5.97 Å². The number of rotatable bonds is 5. The van der Waals surface area contributed by atoms with Gasteiger partial charge in [-0.25, -0.2) is 4.79 Å². The van der Waals surface area contributed by atoms with Crippen molar-refractivity contribution >= 4 is 17.7 Å². The van der Waals surface area contributed by atoms with Crippen LogP contribution in [0.1, 0.15) is 19.4 Å². The van der Waals surface area contributed by atoms with Gasteiger partial charge in [0.05, 0.1) is 6.61 Å². The average molecular weight is 258 g/mol. The molecule has 0 atom stereocenters. The molecule has 0 amide bonds. The number of carbonyl (C=O) groups excluding carboxylic acids is 1. The van der Waals surface area contributed by atoms with Crippen molar-refractivity contribution in [3.63, 3.8) is 0 Å². The van der Waals surface area contributed by atoms with Gasteiger partial charge in [0.2, 0.25) is 0 Å². The molecule has 1 rings (SSSR count). The Morgan fingerprint density at radius 3 is 2.47 bits per heavy atom. The van der Waals surface area contributed by atoms with Crippen LogP contribution in [-0.2, 0) is 9.53 Å². The van der Waals surface area contributed by atoms with E-state index in [1.54, 1.807) is 6.92 Å². The molecular weight excluding hydrogens is 240 g/mol. The van der Waals surface area contributed by atoms with Crippen molar-refractivity contribution in [3.05, 3.63) is 35.4 Å². The summed E-state index contributed by atoms with van der Waals surface area (Å²) in [4.78, 5) is 13.6. The van der Waals surface area contributed by atoms with Crippen LogP contribution in [0.5, 0.6) is 0 Å². The molecule has 100 valence electrons. The lowest BCUT2D eigenvalue weighted by Crippen LogP contribution is -2.15. The summed E-state index contributed by atoms with van der Waals surface area (Å²) in [7, 11) is 2.00. The Morgan fingerprint density at radius 1 is 1.37 bits per heavy atom. The van der Waals surface area contributed by atoms with Gasteiger partial charge in [-0.1, -0.05) is 12.1 Å². The lowest BCUT2D eigenvalue weighted by atomic mass is 10.1. The van der Waals surface area contributed by atoms with Gasteiger partial charge in [0.1, 0.15) is 11.6 Å². The molecule has 19 heavy (non-hydrogen) atoms. The Labute approximate surface area is 113 Å². The second-order valence-electron chi connectivity index (χ2n) is 4.00. The minimum atomic E-state index is -0.584. The van der Waals surface area contributed by atoms with Crippen LogP contribution in [0.3, 0.4) is 0 Å². The van der Waals surface area contributed by atoms with E-state index in [1.807, 2.05) is 37.4 Å². The minimum Gasteiger partial charge on any atom is -0.462 e. The summed E-state index contributed by atoms with van der Waals surface area (Å²) in [6.45, 7) is 4.96. The first-order chi connectivity index (χ1) is 9.12. The molecule has 4 nitrogen and oxygen atoms in total. The van der Waals surface area contributed by atoms with E-state index < -0.39 is 5.97 Å². The molecule has 0 saturated carbocycles. The first kappa shape index (κ1) is 14.8. The highest BCUT2D eigenvalue weighted by molar-refractivity contribution is 5.97. The summed E-state index contributed by atoms with van der Waals surface area (Å²) < 4.78 is 4.81. The molecule has 0 heterocycles. The first-order valence-electron chi connectivity index (χ1n) is 6.22. The highest BCUT2D eigenvalue weighted by Crippen LogP contribution is 2.15. The number of hydrogen-bond donors (Lipinski definition) is 0. The van der Waals surface area contributed by atoms with Crippen molar-refractivity contribution in [1.82, 2.24) is 0 Å². The van der Waals surface area contributed by atoms with Crippen molar-refractivity contribution < 1.29 is 9.53 Å². The Hall–Kier alpha value is -2.28. The zero-order chi connectivity index (χ0) is 14.3. The highest BCUT2D eigenvalue weighted by Gasteiger charge is 2.09. The van der Waals surface area contributed by atoms with Crippen molar-refractivity contribution in [3.8, 4) is 6.07 Å². The molecule has 1 aromatic rings. The number of nitriles is 1. The molecule has 0 radical (unpaired) electrons. The van der Waals surface area contributed by atoms with Crippen LogP contribution in [0, 0.1) is 11.3 Å². The third-order valence-corrected chi connectivity index (χ3v) is 2.74. The van der Waals surface area contributed by atoms with Crippen LogP contribution < -0.4 is 4.90 Å². The van der Waals surface area contributed by atoms with Crippen LogP contribution in [0.4, 0.5) is 5.69 Å². The first-order valence-corrected chi connectivity index (χ1v) is 6.22. The fourth-order valence-electron chi connectivity index (χ4n) is 1.52. The standard InChI is InChI=1S/C15H18N2O2/c1-4-17(3)14-8-6-12(7-9-14)10-13(11-16)15(18)19-5-2/h6-10H,4-5H2,1-3H3/b13-10+. The lowest BCUT2D eigenvalue weighted by molar-refractivity contribution is -0.137. The Kier molecular flexibility index (Phi) is 5.62. The quantitative estimate of drug-likeness (QED) is 0.463. The third kappa shape index (κ3) is 4.14. The highest BCUT2D eigenvalue weighted by atomic mass is 16.5. The monoisotopic (exact) mass is 258 g/mol. The molecule has 0 aliphatic heterocycles. The van der Waals surface area contributed by atoms with Crippen LogP contribution in [0.15, 0.2) is 29.8 Å². The number of anilines is 1. The fraction of sp³-hybridized carbons (Fsp3) is 0.333. The van der Waals surface area contributed by atoms with Gasteiger partial charge in [0.25, 0.3) is 0 Å². The third-order valence-electron chi connectivity index (χ3n) is 2.74. The number of ether oxygens (including phenoxy) is 1. The maximum atomic E-state index is 11.5. The summed E-state index contributed by atoms with van der Waals surface area (Å²) in [5.74, 6) is -0.584. The zero-order valence-electron chi connectivity index (χ0n) is 11.5. The molecular formula is C15H18N2O2. The van der Waals surface area contributed by atoms with Crippen LogP contribution in [0.25, 0.3) is 6.08 Å². The topological polar surface area (TPSA) is 53.3 Å². The van der Waals surface area contributed by atoms with Crippen LogP contribution >= 0.6 is 0 Å². The van der Waals surface area contributed by atoms with Crippen molar-refractivity contribution in [2.45, 2.75) is 13.8 Å². The molecule has 0 aromatic heterocycles. The fourth-order valence-corrected chi connectivity index (χ4v) is 1.52. The van der Waals surface area contributed by atoms with E-state index in [0.29, 0.717) is 0 Å². The van der Waals surface area contributed by atoms with E-state index >= 15 is 0 Å². The molecule has 0 aliphatic rings. The molecule has 0 saturated heterocycles. The summed E-state index contributed by atoms with van der Waals surface area (Å²) in [6.07, 6.45) is 1.54. The van der Waals surface area contributed by atoms with Crippen molar-refractivity contribution in [2.24, 2.45) is 0 Å². The predicted octanol–water partition coefficient (Wildman–Crippen LogP) is 2.61. The molecule has 0 fully saturated rings. The molecule has 0 aliphatic carbocycles. The number of benzene rings is 1. The summed E-state index contributed by atoms with van der Waals surface area (Å²) in [5, 5.41) is 8.94. The second kappa shape index (κ2) is 7.22. The van der Waals surface area contributed by atoms with Gasteiger partial charge in [-0.15, -0.1) is 0 Å². The largest absolute Gasteiger partial charge is 0.462 e. The van der Waals surface area contributed by atoms with E-state index in [2.05, 4.69) is 11.8 Å². The van der Waals surface area contributed by atoms with E-state index in [1.165, 1.54) is 6.08 Å². The van der Waals surface area contributed by atoms with Crippen molar-refractivity contribution in [2.75, 3.05) is 25.1 Å².